The van der Waals surface area contributed by atoms with Crippen LogP contribution in [-0.4, -0.2) is 24.0 Å². The molecule has 2 rings (SSSR count). The van der Waals surface area contributed by atoms with Crippen molar-refractivity contribution in [2.24, 2.45) is 10.8 Å². The van der Waals surface area contributed by atoms with E-state index < -0.39 is 0 Å². The Kier molecular flexibility index (Phi) is 3.77. The molecule has 1 aliphatic carbocycles. The van der Waals surface area contributed by atoms with E-state index in [1.807, 2.05) is 19.2 Å². The normalized spacial score (nSPS) is 19.4. The van der Waals surface area contributed by atoms with E-state index >= 15 is 0 Å². The molecular formula is C17H27N3O. The van der Waals surface area contributed by atoms with Crippen molar-refractivity contribution >= 4 is 11.7 Å². The van der Waals surface area contributed by atoms with Crippen LogP contribution in [-0.2, 0) is 0 Å². The zero-order chi connectivity index (χ0) is 16.0. The maximum absolute atomic E-state index is 12.5. The molecule has 0 saturated heterocycles. The Morgan fingerprint density at radius 2 is 1.76 bits per heavy atom. The molecule has 0 aromatic carbocycles. The number of hydrogen-bond acceptors (Lipinski definition) is 3. The predicted molar refractivity (Wildman–Crippen MR) is 86.7 cm³/mol. The van der Waals surface area contributed by atoms with Crippen LogP contribution in [0.25, 0.3) is 0 Å². The molecule has 4 heteroatoms. The fourth-order valence-corrected chi connectivity index (χ4v) is 2.88. The second-order valence-electron chi connectivity index (χ2n) is 7.42. The zero-order valence-corrected chi connectivity index (χ0v) is 14.2. The third-order valence-electron chi connectivity index (χ3n) is 5.25. The third kappa shape index (κ3) is 2.63. The van der Waals surface area contributed by atoms with Gasteiger partial charge in [-0.25, -0.2) is 4.98 Å². The van der Waals surface area contributed by atoms with Crippen LogP contribution in [0.1, 0.15) is 63.5 Å². The Hall–Kier alpha value is -1.58. The van der Waals surface area contributed by atoms with Crippen molar-refractivity contribution in [3.63, 3.8) is 0 Å². The predicted octanol–water partition coefficient (Wildman–Crippen LogP) is 3.41. The third-order valence-corrected chi connectivity index (χ3v) is 5.25. The highest BCUT2D eigenvalue weighted by Crippen LogP contribution is 2.62. The highest BCUT2D eigenvalue weighted by atomic mass is 16.1. The molecule has 0 aliphatic heterocycles. The van der Waals surface area contributed by atoms with E-state index in [1.54, 1.807) is 0 Å². The van der Waals surface area contributed by atoms with Gasteiger partial charge in [0, 0.05) is 24.3 Å². The van der Waals surface area contributed by atoms with E-state index in [2.05, 4.69) is 57.2 Å². The lowest BCUT2D eigenvalue weighted by Crippen LogP contribution is -2.30. The first kappa shape index (κ1) is 15.8. The standard InChI is InChI=1S/C17H27N3O/c1-10(2)12-8-11(9-13(18-7)19-12)14(21)20-15-16(3,4)17(15,5)6/h8-10,15H,1-7H3,(H,18,19)(H,20,21). The number of pyridine rings is 1. The van der Waals surface area contributed by atoms with Gasteiger partial charge in [0.25, 0.3) is 5.91 Å². The zero-order valence-electron chi connectivity index (χ0n) is 14.2. The second-order valence-corrected chi connectivity index (χ2v) is 7.42. The van der Waals surface area contributed by atoms with Gasteiger partial charge in [-0.15, -0.1) is 0 Å². The summed E-state index contributed by atoms with van der Waals surface area (Å²) in [7, 11) is 1.82. The second kappa shape index (κ2) is 5.00. The molecule has 4 nitrogen and oxygen atoms in total. The largest absolute Gasteiger partial charge is 0.373 e. The number of nitrogens with one attached hydrogen (secondary N) is 2. The Morgan fingerprint density at radius 1 is 1.19 bits per heavy atom. The minimum absolute atomic E-state index is 0.0144. The van der Waals surface area contributed by atoms with Crippen LogP contribution in [0.3, 0.4) is 0 Å². The van der Waals surface area contributed by atoms with Gasteiger partial charge in [0.05, 0.1) is 0 Å². The molecule has 2 N–H and O–H groups in total. The molecule has 1 aliphatic rings. The number of hydrogen-bond donors (Lipinski definition) is 2. The maximum Gasteiger partial charge on any atom is 0.251 e. The number of carbonyl (C=O) groups is 1. The summed E-state index contributed by atoms with van der Waals surface area (Å²) in [6.07, 6.45) is 0. The van der Waals surface area contributed by atoms with E-state index in [4.69, 9.17) is 0 Å². The van der Waals surface area contributed by atoms with Crippen LogP contribution < -0.4 is 10.6 Å². The summed E-state index contributed by atoms with van der Waals surface area (Å²) in [6.45, 7) is 12.9. The van der Waals surface area contributed by atoms with Gasteiger partial charge in [0.15, 0.2) is 0 Å². The molecule has 1 heterocycles. The van der Waals surface area contributed by atoms with Gasteiger partial charge in [-0.3, -0.25) is 4.79 Å². The average Bonchev–Trinajstić information content (AvgIpc) is 2.80. The maximum atomic E-state index is 12.5. The van der Waals surface area contributed by atoms with Gasteiger partial charge in [-0.2, -0.15) is 0 Å². The van der Waals surface area contributed by atoms with Gasteiger partial charge in [0.2, 0.25) is 0 Å². The van der Waals surface area contributed by atoms with Crippen LogP contribution >= 0.6 is 0 Å². The number of aromatic nitrogens is 1. The fraction of sp³-hybridized carbons (Fsp3) is 0.647. The van der Waals surface area contributed by atoms with E-state index in [0.717, 1.165) is 11.5 Å². The van der Waals surface area contributed by atoms with Crippen molar-refractivity contribution in [3.05, 3.63) is 23.4 Å². The summed E-state index contributed by atoms with van der Waals surface area (Å²) in [5, 5.41) is 6.20. The van der Waals surface area contributed by atoms with Crippen LogP contribution in [0.15, 0.2) is 12.1 Å². The van der Waals surface area contributed by atoms with E-state index in [0.29, 0.717) is 11.5 Å². The lowest BCUT2D eigenvalue weighted by Gasteiger charge is -2.12. The van der Waals surface area contributed by atoms with Crippen molar-refractivity contribution in [1.82, 2.24) is 10.3 Å². The molecular weight excluding hydrogens is 262 g/mol. The average molecular weight is 289 g/mol. The highest BCUT2D eigenvalue weighted by molar-refractivity contribution is 5.95. The van der Waals surface area contributed by atoms with Crippen LogP contribution in [0.4, 0.5) is 5.82 Å². The number of anilines is 1. The summed E-state index contributed by atoms with van der Waals surface area (Å²) in [5.74, 6) is 1.01. The SMILES string of the molecule is CNc1cc(C(=O)NC2C(C)(C)C2(C)C)cc(C(C)C)n1. The molecule has 1 amide bonds. The first-order valence-corrected chi connectivity index (χ1v) is 7.62. The van der Waals surface area contributed by atoms with E-state index in [1.165, 1.54) is 0 Å². The molecule has 1 aromatic heterocycles. The molecule has 1 saturated carbocycles. The minimum Gasteiger partial charge on any atom is -0.373 e. The fourth-order valence-electron chi connectivity index (χ4n) is 2.88. The molecule has 0 atom stereocenters. The molecule has 0 unspecified atom stereocenters. The summed E-state index contributed by atoms with van der Waals surface area (Å²) in [6, 6.07) is 3.92. The number of rotatable bonds is 4. The van der Waals surface area contributed by atoms with Crippen molar-refractivity contribution in [2.45, 2.75) is 53.5 Å². The van der Waals surface area contributed by atoms with Gasteiger partial charge >= 0.3 is 0 Å². The van der Waals surface area contributed by atoms with Gasteiger partial charge in [0.1, 0.15) is 5.82 Å². The minimum atomic E-state index is -0.0144. The lowest BCUT2D eigenvalue weighted by molar-refractivity contribution is 0.0943. The molecule has 0 radical (unpaired) electrons. The smallest absolute Gasteiger partial charge is 0.251 e. The molecule has 21 heavy (non-hydrogen) atoms. The Balaban J connectivity index is 2.22. The Morgan fingerprint density at radius 3 is 2.19 bits per heavy atom. The van der Waals surface area contributed by atoms with Crippen LogP contribution in [0.5, 0.6) is 0 Å². The van der Waals surface area contributed by atoms with Crippen molar-refractivity contribution in [2.75, 3.05) is 12.4 Å². The van der Waals surface area contributed by atoms with Crippen molar-refractivity contribution < 1.29 is 4.79 Å². The molecule has 0 spiro atoms. The topological polar surface area (TPSA) is 54.0 Å². The quantitative estimate of drug-likeness (QED) is 0.893. The van der Waals surface area contributed by atoms with Crippen LogP contribution in [0, 0.1) is 10.8 Å². The molecule has 116 valence electrons. The van der Waals surface area contributed by atoms with Crippen molar-refractivity contribution in [1.29, 1.82) is 0 Å². The van der Waals surface area contributed by atoms with Gasteiger partial charge in [-0.05, 0) is 28.9 Å². The Bertz CT molecular complexity index is 547. The number of carbonyl (C=O) groups excluding carboxylic acids is 1. The first-order chi connectivity index (χ1) is 9.61. The lowest BCUT2D eigenvalue weighted by atomic mass is 10.0. The van der Waals surface area contributed by atoms with E-state index in [9.17, 15) is 4.79 Å². The van der Waals surface area contributed by atoms with Crippen molar-refractivity contribution in [3.8, 4) is 0 Å². The summed E-state index contributed by atoms with van der Waals surface area (Å²) < 4.78 is 0. The first-order valence-electron chi connectivity index (χ1n) is 7.62. The Labute approximate surface area is 127 Å². The van der Waals surface area contributed by atoms with E-state index in [-0.39, 0.29) is 22.8 Å². The highest BCUT2D eigenvalue weighted by Gasteiger charge is 2.65. The molecule has 1 aromatic rings. The molecule has 0 bridgehead atoms. The molecule has 1 fully saturated rings. The van der Waals surface area contributed by atoms with Crippen LogP contribution in [0.2, 0.25) is 0 Å². The van der Waals surface area contributed by atoms with Gasteiger partial charge in [-0.1, -0.05) is 41.5 Å². The monoisotopic (exact) mass is 289 g/mol. The number of nitrogens with zero attached hydrogens (tertiary/aromatic N) is 1. The summed E-state index contributed by atoms with van der Waals surface area (Å²) in [5.41, 5.74) is 1.89. The summed E-state index contributed by atoms with van der Waals surface area (Å²) >= 11 is 0. The summed E-state index contributed by atoms with van der Waals surface area (Å²) in [4.78, 5) is 17.0. The van der Waals surface area contributed by atoms with Gasteiger partial charge < -0.3 is 10.6 Å². The number of amides is 1.